The largest absolute Gasteiger partial charge is 0.493 e. The van der Waals surface area contributed by atoms with E-state index in [4.69, 9.17) is 42.6 Å². The summed E-state index contributed by atoms with van der Waals surface area (Å²) in [5.41, 5.74) is 3.95. The second kappa shape index (κ2) is 21.7. The number of hydrogen-bond donors (Lipinski definition) is 1. The maximum absolute atomic E-state index is 13.7. The molecule has 0 fully saturated rings. The highest BCUT2D eigenvalue weighted by Crippen LogP contribution is 2.48. The van der Waals surface area contributed by atoms with Gasteiger partial charge in [-0.15, -0.1) is 0 Å². The Morgan fingerprint density at radius 2 is 1.08 bits per heavy atom. The van der Waals surface area contributed by atoms with Crippen molar-refractivity contribution in [2.24, 2.45) is 0 Å². The van der Waals surface area contributed by atoms with Crippen LogP contribution in [0.15, 0.2) is 66.2 Å². The number of ether oxygens (including phenoxy) is 9. The smallest absolute Gasteiger partial charge is 0.342 e. The first kappa shape index (κ1) is 49.9. The molecule has 1 aliphatic heterocycles. The summed E-state index contributed by atoms with van der Waals surface area (Å²) in [6.07, 6.45) is 0.381. The monoisotopic (exact) mass is 914 g/mol. The van der Waals surface area contributed by atoms with Gasteiger partial charge in [-0.25, -0.2) is 4.79 Å². The summed E-state index contributed by atoms with van der Waals surface area (Å²) in [5.74, 6) is 1.11. The minimum atomic E-state index is -2.13. The van der Waals surface area contributed by atoms with Crippen molar-refractivity contribution in [1.29, 1.82) is 0 Å². The van der Waals surface area contributed by atoms with Crippen LogP contribution in [0, 0.1) is 0 Å². The average molecular weight is 915 g/mol. The Morgan fingerprint density at radius 1 is 0.600 bits per heavy atom. The Bertz CT molecular complexity index is 2410. The third kappa shape index (κ3) is 12.4. The first-order chi connectivity index (χ1) is 30.8. The molecule has 1 aromatic heterocycles. The Morgan fingerprint density at radius 3 is 1.54 bits per heavy atom. The van der Waals surface area contributed by atoms with Gasteiger partial charge in [0.2, 0.25) is 11.5 Å². The van der Waals surface area contributed by atoms with E-state index in [9.17, 15) is 14.7 Å². The second-order valence-electron chi connectivity index (χ2n) is 17.0. The number of carbonyl (C=O) groups excluding carboxylic acids is 2. The van der Waals surface area contributed by atoms with Gasteiger partial charge in [0.25, 0.3) is 5.79 Å². The minimum absolute atomic E-state index is 0.0129. The van der Waals surface area contributed by atoms with E-state index in [-0.39, 0.29) is 48.6 Å². The van der Waals surface area contributed by atoms with E-state index in [1.807, 2.05) is 95.2 Å². The fraction of sp³-hybridized carbons (Fsp3) is 0.440. The number of aldehydes is 1. The summed E-state index contributed by atoms with van der Waals surface area (Å²) in [7, 11) is 3.02. The van der Waals surface area contributed by atoms with Crippen LogP contribution in [-0.4, -0.2) is 77.0 Å². The van der Waals surface area contributed by atoms with Crippen LogP contribution in [0.1, 0.15) is 110 Å². The van der Waals surface area contributed by atoms with Crippen LogP contribution in [0.5, 0.6) is 46.0 Å². The quantitative estimate of drug-likeness (QED) is 0.0615. The molecular weight excluding hydrogens is 853 g/mol. The highest BCUT2D eigenvalue weighted by atomic mass is 32.1. The molecule has 350 valence electrons. The average Bonchev–Trinajstić information content (AvgIpc) is 3.79. The van der Waals surface area contributed by atoms with Gasteiger partial charge in [0, 0.05) is 23.1 Å². The van der Waals surface area contributed by atoms with Crippen LogP contribution < -0.4 is 37.9 Å². The highest BCUT2D eigenvalue weighted by Gasteiger charge is 2.48. The van der Waals surface area contributed by atoms with Crippen molar-refractivity contribution in [3.8, 4) is 46.0 Å². The Kier molecular flexibility index (Phi) is 16.7. The SMILES string of the molecule is CC(C)Oc1cc(C=O)cc(OC(C)C)c1OC(C)C.COc1ccc(C2(O)OC(=O)C(c3ccc4nsnc4c3)=C2Cc2cc(OC(C)C)c(OC(C)C)c(OC(C)C)c2)cc1OC. The topological polar surface area (TPSA) is 163 Å². The number of cyclic esters (lactones) is 1. The third-order valence-electron chi connectivity index (χ3n) is 9.27. The molecule has 1 atom stereocenters. The molecule has 0 bridgehead atoms. The van der Waals surface area contributed by atoms with Gasteiger partial charge < -0.3 is 47.7 Å². The van der Waals surface area contributed by atoms with Crippen molar-refractivity contribution in [3.63, 3.8) is 0 Å². The summed E-state index contributed by atoms with van der Waals surface area (Å²) in [5, 5.41) is 12.3. The van der Waals surface area contributed by atoms with Gasteiger partial charge >= 0.3 is 5.97 Å². The number of benzene rings is 4. The van der Waals surface area contributed by atoms with Gasteiger partial charge in [0.1, 0.15) is 17.3 Å². The lowest BCUT2D eigenvalue weighted by Gasteiger charge is -2.27. The number of hydrogen-bond acceptors (Lipinski definition) is 15. The molecule has 5 aromatic rings. The van der Waals surface area contributed by atoms with Gasteiger partial charge in [-0.2, -0.15) is 8.75 Å². The van der Waals surface area contributed by atoms with Crippen LogP contribution in [0.3, 0.4) is 0 Å². The standard InChI is InChI=1S/C34H38N2O8S.C16H24O4/c1-18(2)41-29-14-21(15-30(42-19(3)4)32(29)43-20(5)6)13-24-31(22-9-11-25-26(16-22)36-45-35-25)33(37)44-34(24,38)23-10-12-27(39-7)28(17-23)40-8;1-10(2)18-14-7-13(9-17)8-15(19-11(3)4)16(14)20-12(5)6/h9-12,14-20,38H,13H2,1-8H3;7-12H,1-6H3. The molecule has 0 radical (unpaired) electrons. The molecule has 1 unspecified atom stereocenters. The fourth-order valence-corrected chi connectivity index (χ4v) is 7.45. The molecule has 65 heavy (non-hydrogen) atoms. The van der Waals surface area contributed by atoms with Crippen molar-refractivity contribution in [1.82, 2.24) is 8.75 Å². The molecule has 15 heteroatoms. The molecule has 0 saturated carbocycles. The minimum Gasteiger partial charge on any atom is -0.493 e. The zero-order valence-corrected chi connectivity index (χ0v) is 40.6. The molecule has 2 heterocycles. The predicted octanol–water partition coefficient (Wildman–Crippen LogP) is 10.3. The van der Waals surface area contributed by atoms with Gasteiger partial charge in [0.15, 0.2) is 34.5 Å². The van der Waals surface area contributed by atoms with Crippen LogP contribution in [0.25, 0.3) is 16.6 Å². The van der Waals surface area contributed by atoms with Crippen molar-refractivity contribution < 1.29 is 57.3 Å². The summed E-state index contributed by atoms with van der Waals surface area (Å²) in [6.45, 7) is 23.2. The number of aromatic nitrogens is 2. The zero-order valence-electron chi connectivity index (χ0n) is 39.8. The maximum Gasteiger partial charge on any atom is 0.342 e. The molecule has 4 aromatic carbocycles. The number of rotatable bonds is 19. The number of aliphatic hydroxyl groups is 1. The molecule has 0 amide bonds. The number of nitrogens with zero attached hydrogens (tertiary/aromatic N) is 2. The van der Waals surface area contributed by atoms with E-state index in [0.717, 1.165) is 18.0 Å². The van der Waals surface area contributed by atoms with Crippen LogP contribution >= 0.6 is 11.7 Å². The van der Waals surface area contributed by atoms with Gasteiger partial charge in [-0.1, -0.05) is 6.07 Å². The lowest BCUT2D eigenvalue weighted by molar-refractivity contribution is -0.185. The summed E-state index contributed by atoms with van der Waals surface area (Å²) in [4.78, 5) is 24.8. The normalized spacial score (nSPS) is 14.9. The molecule has 14 nitrogen and oxygen atoms in total. The maximum atomic E-state index is 13.7. The van der Waals surface area contributed by atoms with Gasteiger partial charge in [-0.3, -0.25) is 4.79 Å². The van der Waals surface area contributed by atoms with Crippen LogP contribution in [0.2, 0.25) is 0 Å². The number of methoxy groups -OCH3 is 2. The Hall–Kier alpha value is -6.06. The van der Waals surface area contributed by atoms with E-state index >= 15 is 0 Å². The summed E-state index contributed by atoms with van der Waals surface area (Å²) in [6, 6.07) is 17.3. The van der Waals surface area contributed by atoms with Crippen molar-refractivity contribution in [3.05, 3.63) is 88.5 Å². The number of esters is 1. The molecule has 1 N–H and O–H groups in total. The molecule has 0 saturated heterocycles. The first-order valence-corrected chi connectivity index (χ1v) is 22.4. The molecule has 1 aliphatic rings. The predicted molar refractivity (Wildman–Crippen MR) is 250 cm³/mol. The second-order valence-corrected chi connectivity index (χ2v) is 17.5. The Balaban J connectivity index is 0.000000333. The molecule has 6 rings (SSSR count). The zero-order chi connectivity index (χ0) is 47.7. The lowest BCUT2D eigenvalue weighted by atomic mass is 9.87. The molecular formula is C50H62N2O12S. The van der Waals surface area contributed by atoms with E-state index in [1.165, 1.54) is 14.2 Å². The van der Waals surface area contributed by atoms with Crippen LogP contribution in [-0.2, 0) is 21.7 Å². The lowest BCUT2D eigenvalue weighted by Crippen LogP contribution is -2.30. The van der Waals surface area contributed by atoms with Crippen molar-refractivity contribution in [2.45, 2.75) is 132 Å². The summed E-state index contributed by atoms with van der Waals surface area (Å²) < 4.78 is 61.3. The van der Waals surface area contributed by atoms with Crippen molar-refractivity contribution in [2.75, 3.05) is 14.2 Å². The van der Waals surface area contributed by atoms with E-state index in [1.54, 1.807) is 48.5 Å². The third-order valence-corrected chi connectivity index (χ3v) is 9.83. The first-order valence-electron chi connectivity index (χ1n) is 21.7. The molecule has 0 spiro atoms. The van der Waals surface area contributed by atoms with Crippen molar-refractivity contribution >= 4 is 40.6 Å². The highest BCUT2D eigenvalue weighted by molar-refractivity contribution is 7.00. The van der Waals surface area contributed by atoms with Gasteiger partial charge in [-0.05, 0) is 149 Å². The van der Waals surface area contributed by atoms with Gasteiger partial charge in [0.05, 0.1) is 68.1 Å². The fourth-order valence-electron chi connectivity index (χ4n) is 6.93. The van der Waals surface area contributed by atoms with Crippen LogP contribution in [0.4, 0.5) is 0 Å². The van der Waals surface area contributed by atoms with E-state index in [2.05, 4.69) is 8.75 Å². The number of fused-ring (bicyclic) bond motifs is 1. The Labute approximate surface area is 386 Å². The molecule has 0 aliphatic carbocycles. The number of carbonyl (C=O) groups is 2. The van der Waals surface area contributed by atoms with E-state index in [0.29, 0.717) is 84.9 Å². The summed E-state index contributed by atoms with van der Waals surface area (Å²) >= 11 is 1.08. The van der Waals surface area contributed by atoms with E-state index < -0.39 is 11.8 Å².